The fourth-order valence-electron chi connectivity index (χ4n) is 1.42. The summed E-state index contributed by atoms with van der Waals surface area (Å²) in [6, 6.07) is 0. The van der Waals surface area contributed by atoms with Gasteiger partial charge in [-0.2, -0.15) is 0 Å². The maximum atomic E-state index is 11.6. The van der Waals surface area contributed by atoms with E-state index in [1.54, 1.807) is 0 Å². The summed E-state index contributed by atoms with van der Waals surface area (Å²) in [5, 5.41) is 0. The predicted octanol–water partition coefficient (Wildman–Crippen LogP) is 1.33. The molecule has 0 fully saturated rings. The molecule has 5 heteroatoms. The van der Waals surface area contributed by atoms with Crippen molar-refractivity contribution >= 4 is 10.0 Å². The van der Waals surface area contributed by atoms with Gasteiger partial charge in [-0.15, -0.1) is 0 Å². The zero-order chi connectivity index (χ0) is 12.8. The van der Waals surface area contributed by atoms with Gasteiger partial charge in [-0.3, -0.25) is 0 Å². The van der Waals surface area contributed by atoms with Crippen molar-refractivity contribution in [2.75, 3.05) is 18.8 Å². The maximum absolute atomic E-state index is 11.6. The van der Waals surface area contributed by atoms with Crippen LogP contribution in [0.1, 0.15) is 40.5 Å². The Morgan fingerprint density at radius 3 is 2.31 bits per heavy atom. The van der Waals surface area contributed by atoms with Crippen LogP contribution in [0.15, 0.2) is 0 Å². The average molecular weight is 250 g/mol. The Balaban J connectivity index is 3.84. The molecule has 16 heavy (non-hydrogen) atoms. The van der Waals surface area contributed by atoms with Gasteiger partial charge >= 0.3 is 0 Å². The second kappa shape index (κ2) is 6.57. The van der Waals surface area contributed by atoms with Crippen LogP contribution < -0.4 is 10.5 Å². The second-order valence-corrected chi connectivity index (χ2v) is 7.50. The van der Waals surface area contributed by atoms with Crippen molar-refractivity contribution in [2.45, 2.75) is 40.5 Å². The number of hydrogen-bond donors (Lipinski definition) is 2. The Kier molecular flexibility index (Phi) is 6.51. The summed E-state index contributed by atoms with van der Waals surface area (Å²) in [5.41, 5.74) is 5.29. The van der Waals surface area contributed by atoms with Crippen LogP contribution in [0.25, 0.3) is 0 Å². The van der Waals surface area contributed by atoms with Gasteiger partial charge in [0.15, 0.2) is 0 Å². The van der Waals surface area contributed by atoms with Crippen molar-refractivity contribution in [2.24, 2.45) is 17.1 Å². The van der Waals surface area contributed by atoms with Crippen LogP contribution in [-0.2, 0) is 10.0 Å². The molecule has 0 aliphatic carbocycles. The fraction of sp³-hybridized carbons (Fsp3) is 1.00. The molecule has 0 aliphatic rings. The number of rotatable bonds is 7. The molecule has 98 valence electrons. The third kappa shape index (κ3) is 9.12. The molecule has 0 aromatic heterocycles. The third-order valence-electron chi connectivity index (χ3n) is 2.22. The maximum Gasteiger partial charge on any atom is 0.212 e. The summed E-state index contributed by atoms with van der Waals surface area (Å²) in [4.78, 5) is 0. The minimum atomic E-state index is -3.13. The largest absolute Gasteiger partial charge is 0.330 e. The molecular formula is C11H26N2O2S. The lowest BCUT2D eigenvalue weighted by Crippen LogP contribution is -2.33. The molecule has 0 saturated carbocycles. The summed E-state index contributed by atoms with van der Waals surface area (Å²) >= 11 is 0. The van der Waals surface area contributed by atoms with Crippen molar-refractivity contribution in [1.29, 1.82) is 0 Å². The summed E-state index contributed by atoms with van der Waals surface area (Å²) in [6.07, 6.45) is 1.82. The summed E-state index contributed by atoms with van der Waals surface area (Å²) in [6.45, 7) is 9.01. The van der Waals surface area contributed by atoms with Crippen LogP contribution in [0.3, 0.4) is 0 Å². The van der Waals surface area contributed by atoms with E-state index in [0.29, 0.717) is 19.0 Å². The first-order valence-electron chi connectivity index (χ1n) is 5.84. The molecule has 1 unspecified atom stereocenters. The monoisotopic (exact) mass is 250 g/mol. The van der Waals surface area contributed by atoms with E-state index >= 15 is 0 Å². The lowest BCUT2D eigenvalue weighted by Gasteiger charge is -2.18. The van der Waals surface area contributed by atoms with Crippen molar-refractivity contribution in [3.8, 4) is 0 Å². The topological polar surface area (TPSA) is 72.2 Å². The Labute approximate surface area is 100 Å². The number of nitrogens with one attached hydrogen (secondary N) is 1. The summed E-state index contributed by atoms with van der Waals surface area (Å²) in [5.74, 6) is 0.638. The second-order valence-electron chi connectivity index (χ2n) is 5.70. The molecule has 1 atom stereocenters. The van der Waals surface area contributed by atoms with E-state index in [9.17, 15) is 8.42 Å². The van der Waals surface area contributed by atoms with Crippen molar-refractivity contribution in [3.05, 3.63) is 0 Å². The number of sulfonamides is 1. The molecule has 0 aromatic carbocycles. The van der Waals surface area contributed by atoms with Gasteiger partial charge in [0.25, 0.3) is 0 Å². The molecule has 3 N–H and O–H groups in total. The highest BCUT2D eigenvalue weighted by Gasteiger charge is 2.20. The molecule has 0 bridgehead atoms. The van der Waals surface area contributed by atoms with Crippen LogP contribution >= 0.6 is 0 Å². The number of nitrogens with two attached hydrogens (primary N) is 1. The molecular weight excluding hydrogens is 224 g/mol. The highest BCUT2D eigenvalue weighted by molar-refractivity contribution is 7.89. The van der Waals surface area contributed by atoms with Crippen LogP contribution in [0, 0.1) is 11.3 Å². The SMILES string of the molecule is CC(CN)CCCNS(=O)(=O)CC(C)(C)C. The van der Waals surface area contributed by atoms with Gasteiger partial charge in [-0.1, -0.05) is 27.7 Å². The van der Waals surface area contributed by atoms with E-state index in [2.05, 4.69) is 11.6 Å². The van der Waals surface area contributed by atoms with Gasteiger partial charge in [0.2, 0.25) is 10.0 Å². The lowest BCUT2D eigenvalue weighted by atomic mass is 10.0. The van der Waals surface area contributed by atoms with Gasteiger partial charge in [-0.25, -0.2) is 13.1 Å². The summed E-state index contributed by atoms with van der Waals surface area (Å²) < 4.78 is 25.9. The summed E-state index contributed by atoms with van der Waals surface area (Å²) in [7, 11) is -3.13. The molecule has 0 spiro atoms. The lowest BCUT2D eigenvalue weighted by molar-refractivity contribution is 0.456. The molecule has 0 heterocycles. The van der Waals surface area contributed by atoms with Crippen LogP contribution in [-0.4, -0.2) is 27.3 Å². The zero-order valence-corrected chi connectivity index (χ0v) is 11.7. The molecule has 0 aliphatic heterocycles. The first-order valence-corrected chi connectivity index (χ1v) is 7.49. The molecule has 0 amide bonds. The van der Waals surface area contributed by atoms with Gasteiger partial charge in [0.05, 0.1) is 5.75 Å². The molecule has 0 aromatic rings. The minimum absolute atomic E-state index is 0.173. The quantitative estimate of drug-likeness (QED) is 0.670. The third-order valence-corrected chi connectivity index (χ3v) is 4.11. The van der Waals surface area contributed by atoms with Crippen LogP contribution in [0.4, 0.5) is 0 Å². The minimum Gasteiger partial charge on any atom is -0.330 e. The van der Waals surface area contributed by atoms with Gasteiger partial charge in [0, 0.05) is 6.54 Å². The molecule has 0 radical (unpaired) electrons. The standard InChI is InChI=1S/C11H26N2O2S/c1-10(8-12)6-5-7-13-16(14,15)9-11(2,3)4/h10,13H,5-9,12H2,1-4H3. The fourth-order valence-corrected chi connectivity index (χ4v) is 3.11. The van der Waals surface area contributed by atoms with Crippen molar-refractivity contribution in [1.82, 2.24) is 4.72 Å². The van der Waals surface area contributed by atoms with Gasteiger partial charge in [0.1, 0.15) is 0 Å². The Morgan fingerprint density at radius 1 is 1.31 bits per heavy atom. The van der Waals surface area contributed by atoms with E-state index in [0.717, 1.165) is 12.8 Å². The predicted molar refractivity (Wildman–Crippen MR) is 68.7 cm³/mol. The first-order chi connectivity index (χ1) is 7.16. The Morgan fingerprint density at radius 2 is 1.88 bits per heavy atom. The van der Waals surface area contributed by atoms with Crippen molar-refractivity contribution in [3.63, 3.8) is 0 Å². The van der Waals surface area contributed by atoms with E-state index in [1.165, 1.54) is 0 Å². The van der Waals surface area contributed by atoms with E-state index in [-0.39, 0.29) is 11.2 Å². The highest BCUT2D eigenvalue weighted by atomic mass is 32.2. The normalized spacial score (nSPS) is 15.1. The van der Waals surface area contributed by atoms with E-state index < -0.39 is 10.0 Å². The van der Waals surface area contributed by atoms with Crippen LogP contribution in [0.5, 0.6) is 0 Å². The Hall–Kier alpha value is -0.130. The smallest absolute Gasteiger partial charge is 0.212 e. The number of hydrogen-bond acceptors (Lipinski definition) is 3. The van der Waals surface area contributed by atoms with Crippen LogP contribution in [0.2, 0.25) is 0 Å². The van der Waals surface area contributed by atoms with Gasteiger partial charge < -0.3 is 5.73 Å². The molecule has 0 saturated heterocycles. The Bertz CT molecular complexity index is 281. The van der Waals surface area contributed by atoms with E-state index in [1.807, 2.05) is 20.8 Å². The molecule has 0 rings (SSSR count). The first kappa shape index (κ1) is 15.9. The van der Waals surface area contributed by atoms with Gasteiger partial charge in [-0.05, 0) is 30.7 Å². The van der Waals surface area contributed by atoms with Crippen molar-refractivity contribution < 1.29 is 8.42 Å². The molecule has 4 nitrogen and oxygen atoms in total. The highest BCUT2D eigenvalue weighted by Crippen LogP contribution is 2.15. The zero-order valence-electron chi connectivity index (χ0n) is 10.9. The average Bonchev–Trinajstić information content (AvgIpc) is 2.08. The van der Waals surface area contributed by atoms with E-state index in [4.69, 9.17) is 5.73 Å².